The summed E-state index contributed by atoms with van der Waals surface area (Å²) in [5.41, 5.74) is 1.14. The summed E-state index contributed by atoms with van der Waals surface area (Å²) in [6.07, 6.45) is 4.13. The molecule has 21 heavy (non-hydrogen) atoms. The summed E-state index contributed by atoms with van der Waals surface area (Å²) in [4.78, 5) is 14.0. The van der Waals surface area contributed by atoms with E-state index < -0.39 is 0 Å². The van der Waals surface area contributed by atoms with Crippen molar-refractivity contribution in [1.29, 1.82) is 0 Å². The van der Waals surface area contributed by atoms with E-state index in [1.807, 2.05) is 23.1 Å². The van der Waals surface area contributed by atoms with Crippen molar-refractivity contribution in [3.63, 3.8) is 0 Å². The normalized spacial score (nSPS) is 17.0. The Morgan fingerprint density at radius 1 is 1.14 bits per heavy atom. The van der Waals surface area contributed by atoms with Crippen molar-refractivity contribution < 1.29 is 14.3 Å². The van der Waals surface area contributed by atoms with Gasteiger partial charge in [0.15, 0.2) is 11.5 Å². The van der Waals surface area contributed by atoms with E-state index in [2.05, 4.69) is 5.32 Å². The highest BCUT2D eigenvalue weighted by Crippen LogP contribution is 2.32. The standard InChI is InChI=1S/C16H22N2O3/c19-16(18-8-2-1-3-9-18)6-7-17-11-13-4-5-14-15(10-13)21-12-20-14/h4-5,10,17H,1-3,6-9,11-12H2. The lowest BCUT2D eigenvalue weighted by atomic mass is 10.1. The molecule has 1 aromatic carbocycles. The fourth-order valence-electron chi connectivity index (χ4n) is 2.78. The summed E-state index contributed by atoms with van der Waals surface area (Å²) in [5.74, 6) is 1.88. The number of hydrogen-bond acceptors (Lipinski definition) is 4. The number of amides is 1. The van der Waals surface area contributed by atoms with Crippen molar-refractivity contribution in [2.45, 2.75) is 32.2 Å². The molecule has 1 amide bonds. The first-order valence-corrected chi connectivity index (χ1v) is 7.70. The van der Waals surface area contributed by atoms with E-state index >= 15 is 0 Å². The zero-order valence-corrected chi connectivity index (χ0v) is 12.3. The van der Waals surface area contributed by atoms with Crippen LogP contribution >= 0.6 is 0 Å². The SMILES string of the molecule is O=C(CCNCc1ccc2c(c1)OCO2)N1CCCCC1. The lowest BCUT2D eigenvalue weighted by molar-refractivity contribution is -0.131. The van der Waals surface area contributed by atoms with Gasteiger partial charge in [-0.05, 0) is 37.0 Å². The van der Waals surface area contributed by atoms with Crippen LogP contribution in [0.2, 0.25) is 0 Å². The highest BCUT2D eigenvalue weighted by atomic mass is 16.7. The molecule has 5 heteroatoms. The molecule has 1 fully saturated rings. The van der Waals surface area contributed by atoms with Crippen molar-refractivity contribution in [3.05, 3.63) is 23.8 Å². The van der Waals surface area contributed by atoms with E-state index in [0.29, 0.717) is 19.8 Å². The first-order valence-electron chi connectivity index (χ1n) is 7.70. The van der Waals surface area contributed by atoms with Crippen molar-refractivity contribution in [1.82, 2.24) is 10.2 Å². The highest BCUT2D eigenvalue weighted by Gasteiger charge is 2.16. The van der Waals surface area contributed by atoms with E-state index in [4.69, 9.17) is 9.47 Å². The van der Waals surface area contributed by atoms with Crippen molar-refractivity contribution in [3.8, 4) is 11.5 Å². The molecule has 0 unspecified atom stereocenters. The third-order valence-corrected chi connectivity index (χ3v) is 3.99. The molecule has 114 valence electrons. The Bertz CT molecular complexity index is 498. The first-order chi connectivity index (χ1) is 10.3. The number of benzene rings is 1. The predicted octanol–water partition coefficient (Wildman–Crippen LogP) is 1.91. The zero-order chi connectivity index (χ0) is 14.5. The fraction of sp³-hybridized carbons (Fsp3) is 0.562. The molecule has 1 aromatic rings. The molecule has 2 heterocycles. The molecule has 1 N–H and O–H groups in total. The number of nitrogens with zero attached hydrogens (tertiary/aromatic N) is 1. The minimum absolute atomic E-state index is 0.271. The maximum atomic E-state index is 12.0. The molecule has 3 rings (SSSR count). The molecule has 0 bridgehead atoms. The van der Waals surface area contributed by atoms with Crippen LogP contribution in [0.5, 0.6) is 11.5 Å². The van der Waals surface area contributed by atoms with Crippen molar-refractivity contribution in [2.75, 3.05) is 26.4 Å². The van der Waals surface area contributed by atoms with Gasteiger partial charge in [-0.15, -0.1) is 0 Å². The molecular formula is C16H22N2O3. The molecule has 1 saturated heterocycles. The lowest BCUT2D eigenvalue weighted by Gasteiger charge is -2.26. The van der Waals surface area contributed by atoms with E-state index in [0.717, 1.165) is 49.5 Å². The van der Waals surface area contributed by atoms with Gasteiger partial charge in [0.05, 0.1) is 0 Å². The van der Waals surface area contributed by atoms with Crippen LogP contribution in [0.15, 0.2) is 18.2 Å². The highest BCUT2D eigenvalue weighted by molar-refractivity contribution is 5.76. The molecule has 0 atom stereocenters. The quantitative estimate of drug-likeness (QED) is 0.842. The Labute approximate surface area is 125 Å². The van der Waals surface area contributed by atoms with E-state index in [9.17, 15) is 4.79 Å². The Hall–Kier alpha value is -1.75. The number of carbonyl (C=O) groups excluding carboxylic acids is 1. The first kappa shape index (κ1) is 14.2. The van der Waals surface area contributed by atoms with E-state index in [1.54, 1.807) is 0 Å². The topological polar surface area (TPSA) is 50.8 Å². The molecule has 5 nitrogen and oxygen atoms in total. The second-order valence-corrected chi connectivity index (χ2v) is 5.56. The van der Waals surface area contributed by atoms with Crippen LogP contribution in [-0.2, 0) is 11.3 Å². The third-order valence-electron chi connectivity index (χ3n) is 3.99. The minimum Gasteiger partial charge on any atom is -0.454 e. The lowest BCUT2D eigenvalue weighted by Crippen LogP contribution is -2.37. The number of nitrogens with one attached hydrogen (secondary N) is 1. The Morgan fingerprint density at radius 2 is 1.95 bits per heavy atom. The summed E-state index contributed by atoms with van der Waals surface area (Å²) < 4.78 is 10.6. The summed E-state index contributed by atoms with van der Waals surface area (Å²) >= 11 is 0. The van der Waals surface area contributed by atoms with Crippen LogP contribution < -0.4 is 14.8 Å². The number of fused-ring (bicyclic) bond motifs is 1. The van der Waals surface area contributed by atoms with Gasteiger partial charge in [-0.1, -0.05) is 6.07 Å². The van der Waals surface area contributed by atoms with Crippen LogP contribution in [0.3, 0.4) is 0 Å². The van der Waals surface area contributed by atoms with Gasteiger partial charge < -0.3 is 19.7 Å². The molecule has 0 aliphatic carbocycles. The average Bonchev–Trinajstić information content (AvgIpc) is 3.00. The van der Waals surface area contributed by atoms with E-state index in [-0.39, 0.29) is 5.91 Å². The monoisotopic (exact) mass is 290 g/mol. The van der Waals surface area contributed by atoms with Crippen molar-refractivity contribution >= 4 is 5.91 Å². The second kappa shape index (κ2) is 6.80. The number of ether oxygens (including phenoxy) is 2. The van der Waals surface area contributed by atoms with Crippen LogP contribution in [0.25, 0.3) is 0 Å². The summed E-state index contributed by atoms with van der Waals surface area (Å²) in [6, 6.07) is 5.94. The Kier molecular flexibility index (Phi) is 4.60. The number of piperidine rings is 1. The predicted molar refractivity (Wildman–Crippen MR) is 79.3 cm³/mol. The van der Waals surface area contributed by atoms with Gasteiger partial charge in [0, 0.05) is 32.6 Å². The second-order valence-electron chi connectivity index (χ2n) is 5.56. The van der Waals surface area contributed by atoms with Gasteiger partial charge in [0.25, 0.3) is 0 Å². The molecular weight excluding hydrogens is 268 g/mol. The van der Waals surface area contributed by atoms with Gasteiger partial charge in [-0.3, -0.25) is 4.79 Å². The van der Waals surface area contributed by atoms with Crippen LogP contribution in [0.1, 0.15) is 31.2 Å². The van der Waals surface area contributed by atoms with Gasteiger partial charge in [0.2, 0.25) is 12.7 Å². The molecule has 0 radical (unpaired) electrons. The molecule has 0 aromatic heterocycles. The average molecular weight is 290 g/mol. The van der Waals surface area contributed by atoms with Gasteiger partial charge in [-0.2, -0.15) is 0 Å². The van der Waals surface area contributed by atoms with Crippen LogP contribution in [0.4, 0.5) is 0 Å². The number of rotatable bonds is 5. The number of carbonyl (C=O) groups is 1. The fourth-order valence-corrected chi connectivity index (χ4v) is 2.78. The number of hydrogen-bond donors (Lipinski definition) is 1. The maximum absolute atomic E-state index is 12.0. The minimum atomic E-state index is 0.271. The summed E-state index contributed by atoms with van der Waals surface area (Å²) in [6.45, 7) is 3.62. The smallest absolute Gasteiger partial charge is 0.231 e. The third kappa shape index (κ3) is 3.67. The van der Waals surface area contributed by atoms with Gasteiger partial charge >= 0.3 is 0 Å². The maximum Gasteiger partial charge on any atom is 0.231 e. The zero-order valence-electron chi connectivity index (χ0n) is 12.3. The Balaban J connectivity index is 1.39. The number of likely N-dealkylation sites (tertiary alicyclic amines) is 1. The van der Waals surface area contributed by atoms with Gasteiger partial charge in [0.1, 0.15) is 0 Å². The van der Waals surface area contributed by atoms with Crippen LogP contribution in [0, 0.1) is 0 Å². The molecule has 0 spiro atoms. The molecule has 2 aliphatic heterocycles. The van der Waals surface area contributed by atoms with Gasteiger partial charge in [-0.25, -0.2) is 0 Å². The Morgan fingerprint density at radius 3 is 2.81 bits per heavy atom. The van der Waals surface area contributed by atoms with Crippen LogP contribution in [-0.4, -0.2) is 37.2 Å². The largest absolute Gasteiger partial charge is 0.454 e. The summed E-state index contributed by atoms with van der Waals surface area (Å²) in [5, 5.41) is 3.32. The molecule has 0 saturated carbocycles. The van der Waals surface area contributed by atoms with Crippen molar-refractivity contribution in [2.24, 2.45) is 0 Å². The van der Waals surface area contributed by atoms with E-state index in [1.165, 1.54) is 6.42 Å². The summed E-state index contributed by atoms with van der Waals surface area (Å²) in [7, 11) is 0. The molecule has 2 aliphatic rings.